The summed E-state index contributed by atoms with van der Waals surface area (Å²) in [5.74, 6) is 1.52. The van der Waals surface area contributed by atoms with E-state index < -0.39 is 0 Å². The van der Waals surface area contributed by atoms with Gasteiger partial charge < -0.3 is 19.8 Å². The van der Waals surface area contributed by atoms with E-state index in [0.717, 1.165) is 35.6 Å². The molecule has 2 amide bonds. The first-order valence-corrected chi connectivity index (χ1v) is 9.01. The van der Waals surface area contributed by atoms with E-state index in [1.165, 1.54) is 0 Å². The molecular weight excluding hydrogens is 342 g/mol. The Kier molecular flexibility index (Phi) is 6.46. The molecule has 2 N–H and O–H groups in total. The van der Waals surface area contributed by atoms with Gasteiger partial charge in [0.2, 0.25) is 0 Å². The van der Waals surface area contributed by atoms with Crippen molar-refractivity contribution in [3.63, 3.8) is 0 Å². The molecule has 0 unspecified atom stereocenters. The van der Waals surface area contributed by atoms with E-state index in [0.29, 0.717) is 18.8 Å². The fourth-order valence-corrected chi connectivity index (χ4v) is 2.43. The van der Waals surface area contributed by atoms with Crippen molar-refractivity contribution in [2.24, 2.45) is 0 Å². The van der Waals surface area contributed by atoms with Crippen LogP contribution in [0.15, 0.2) is 65.4 Å². The second kappa shape index (κ2) is 9.43. The van der Waals surface area contributed by atoms with Crippen LogP contribution in [0.2, 0.25) is 0 Å². The number of anilines is 1. The molecular formula is C21H23N3O3. The summed E-state index contributed by atoms with van der Waals surface area (Å²) in [5, 5.41) is 5.61. The molecule has 6 heteroatoms. The highest BCUT2D eigenvalue weighted by Crippen LogP contribution is 2.17. The first kappa shape index (κ1) is 18.5. The molecule has 2 aromatic heterocycles. The number of furan rings is 1. The number of amides is 2. The van der Waals surface area contributed by atoms with Crippen LogP contribution in [0.5, 0.6) is 5.75 Å². The number of nitrogens with one attached hydrogen (secondary N) is 2. The van der Waals surface area contributed by atoms with Crippen molar-refractivity contribution in [2.75, 3.05) is 11.9 Å². The number of hydrogen-bond acceptors (Lipinski definition) is 4. The number of benzene rings is 1. The Bertz CT molecular complexity index is 828. The SMILES string of the molecule is CCCCOc1ccc(NC(=O)NCc2ccc(-c3ccco3)nc2)cc1. The van der Waals surface area contributed by atoms with Gasteiger partial charge in [-0.2, -0.15) is 0 Å². The molecule has 0 aliphatic carbocycles. The van der Waals surface area contributed by atoms with Gasteiger partial charge in [0.25, 0.3) is 0 Å². The van der Waals surface area contributed by atoms with Crippen LogP contribution in [-0.4, -0.2) is 17.6 Å². The molecule has 0 fully saturated rings. The molecule has 27 heavy (non-hydrogen) atoms. The monoisotopic (exact) mass is 365 g/mol. The van der Waals surface area contributed by atoms with E-state index in [1.807, 2.05) is 48.5 Å². The molecule has 0 saturated heterocycles. The Hall–Kier alpha value is -3.28. The third-order valence-corrected chi connectivity index (χ3v) is 3.93. The average Bonchev–Trinajstić information content (AvgIpc) is 3.23. The Morgan fingerprint density at radius 1 is 1.15 bits per heavy atom. The normalized spacial score (nSPS) is 10.4. The summed E-state index contributed by atoms with van der Waals surface area (Å²) < 4.78 is 10.9. The maximum Gasteiger partial charge on any atom is 0.319 e. The first-order chi connectivity index (χ1) is 13.2. The van der Waals surface area contributed by atoms with Crippen LogP contribution < -0.4 is 15.4 Å². The largest absolute Gasteiger partial charge is 0.494 e. The van der Waals surface area contributed by atoms with Crippen molar-refractivity contribution >= 4 is 11.7 Å². The second-order valence-electron chi connectivity index (χ2n) is 6.06. The highest BCUT2D eigenvalue weighted by molar-refractivity contribution is 5.89. The fourth-order valence-electron chi connectivity index (χ4n) is 2.43. The number of carbonyl (C=O) groups excluding carboxylic acids is 1. The van der Waals surface area contributed by atoms with E-state index >= 15 is 0 Å². The van der Waals surface area contributed by atoms with Gasteiger partial charge in [0.05, 0.1) is 12.9 Å². The Morgan fingerprint density at radius 2 is 2.00 bits per heavy atom. The average molecular weight is 365 g/mol. The van der Waals surface area contributed by atoms with Crippen LogP contribution in [0.1, 0.15) is 25.3 Å². The zero-order valence-electron chi connectivity index (χ0n) is 15.3. The number of unbranched alkanes of at least 4 members (excludes halogenated alkanes) is 1. The van der Waals surface area contributed by atoms with Crippen LogP contribution in [0.25, 0.3) is 11.5 Å². The third kappa shape index (κ3) is 5.60. The molecule has 6 nitrogen and oxygen atoms in total. The van der Waals surface area contributed by atoms with Gasteiger partial charge in [0.1, 0.15) is 11.4 Å². The minimum Gasteiger partial charge on any atom is -0.494 e. The molecule has 0 atom stereocenters. The second-order valence-corrected chi connectivity index (χ2v) is 6.06. The number of aromatic nitrogens is 1. The van der Waals surface area contributed by atoms with Gasteiger partial charge in [-0.25, -0.2) is 4.79 Å². The van der Waals surface area contributed by atoms with Crippen LogP contribution >= 0.6 is 0 Å². The topological polar surface area (TPSA) is 76.4 Å². The van der Waals surface area contributed by atoms with Crippen molar-refractivity contribution < 1.29 is 13.9 Å². The van der Waals surface area contributed by atoms with E-state index in [9.17, 15) is 4.79 Å². The van der Waals surface area contributed by atoms with Gasteiger partial charge in [-0.05, 0) is 54.4 Å². The molecule has 1 aromatic carbocycles. The molecule has 0 aliphatic heterocycles. The predicted octanol–water partition coefficient (Wildman–Crippen LogP) is 4.84. The van der Waals surface area contributed by atoms with Gasteiger partial charge in [0, 0.05) is 18.4 Å². The highest BCUT2D eigenvalue weighted by Gasteiger charge is 2.05. The summed E-state index contributed by atoms with van der Waals surface area (Å²) >= 11 is 0. The van der Waals surface area contributed by atoms with Crippen molar-refractivity contribution in [3.05, 3.63) is 66.6 Å². The Morgan fingerprint density at radius 3 is 2.67 bits per heavy atom. The maximum absolute atomic E-state index is 12.0. The molecule has 0 spiro atoms. The van der Waals surface area contributed by atoms with Crippen molar-refractivity contribution in [3.8, 4) is 17.2 Å². The van der Waals surface area contributed by atoms with Crippen molar-refractivity contribution in [2.45, 2.75) is 26.3 Å². The Balaban J connectivity index is 1.45. The lowest BCUT2D eigenvalue weighted by Crippen LogP contribution is -2.28. The molecule has 140 valence electrons. The third-order valence-electron chi connectivity index (χ3n) is 3.93. The van der Waals surface area contributed by atoms with Crippen molar-refractivity contribution in [1.82, 2.24) is 10.3 Å². The minimum atomic E-state index is -0.273. The predicted molar refractivity (Wildman–Crippen MR) is 105 cm³/mol. The number of nitrogens with zero attached hydrogens (tertiary/aromatic N) is 1. The molecule has 0 aliphatic rings. The molecule has 0 radical (unpaired) electrons. The van der Waals surface area contributed by atoms with E-state index in [2.05, 4.69) is 22.5 Å². The number of urea groups is 1. The number of carbonyl (C=O) groups is 1. The number of pyridine rings is 1. The quantitative estimate of drug-likeness (QED) is 0.560. The van der Waals surface area contributed by atoms with Crippen LogP contribution in [0.3, 0.4) is 0 Å². The molecule has 0 bridgehead atoms. The lowest BCUT2D eigenvalue weighted by molar-refractivity contribution is 0.251. The van der Waals surface area contributed by atoms with Gasteiger partial charge in [-0.3, -0.25) is 4.98 Å². The molecule has 3 aromatic rings. The summed E-state index contributed by atoms with van der Waals surface area (Å²) in [6.45, 7) is 3.21. The fraction of sp³-hybridized carbons (Fsp3) is 0.238. The summed E-state index contributed by atoms with van der Waals surface area (Å²) in [7, 11) is 0. The molecule has 3 rings (SSSR count). The molecule has 0 saturated carbocycles. The van der Waals surface area contributed by atoms with Crippen LogP contribution in [-0.2, 0) is 6.54 Å². The summed E-state index contributed by atoms with van der Waals surface area (Å²) in [6.07, 6.45) is 5.46. The summed E-state index contributed by atoms with van der Waals surface area (Å²) in [6, 6.07) is 14.5. The van der Waals surface area contributed by atoms with E-state index in [4.69, 9.17) is 9.15 Å². The van der Waals surface area contributed by atoms with Crippen molar-refractivity contribution in [1.29, 1.82) is 0 Å². The zero-order chi connectivity index (χ0) is 18.9. The molecule has 2 heterocycles. The van der Waals surface area contributed by atoms with Gasteiger partial charge in [-0.1, -0.05) is 19.4 Å². The standard InChI is InChI=1S/C21H23N3O3/c1-2-3-12-26-18-9-7-17(8-10-18)24-21(25)23-15-16-6-11-19(22-14-16)20-5-4-13-27-20/h4-11,13-14H,2-3,12,15H2,1H3,(H2,23,24,25). The Labute approximate surface area is 158 Å². The smallest absolute Gasteiger partial charge is 0.319 e. The maximum atomic E-state index is 12.0. The number of hydrogen-bond donors (Lipinski definition) is 2. The van der Waals surface area contributed by atoms with E-state index in [-0.39, 0.29) is 6.03 Å². The van der Waals surface area contributed by atoms with Gasteiger partial charge in [-0.15, -0.1) is 0 Å². The minimum absolute atomic E-state index is 0.273. The van der Waals surface area contributed by atoms with Gasteiger partial charge in [0.15, 0.2) is 5.76 Å². The van der Waals surface area contributed by atoms with E-state index in [1.54, 1.807) is 12.5 Å². The summed E-state index contributed by atoms with van der Waals surface area (Å²) in [4.78, 5) is 16.4. The summed E-state index contributed by atoms with van der Waals surface area (Å²) in [5.41, 5.74) is 2.37. The number of rotatable bonds is 8. The van der Waals surface area contributed by atoms with Crippen LogP contribution in [0.4, 0.5) is 10.5 Å². The lowest BCUT2D eigenvalue weighted by Gasteiger charge is -2.09. The lowest BCUT2D eigenvalue weighted by atomic mass is 10.2. The first-order valence-electron chi connectivity index (χ1n) is 9.01. The zero-order valence-corrected chi connectivity index (χ0v) is 15.3. The van der Waals surface area contributed by atoms with Crippen LogP contribution in [0, 0.1) is 0 Å². The van der Waals surface area contributed by atoms with Gasteiger partial charge >= 0.3 is 6.03 Å². The highest BCUT2D eigenvalue weighted by atomic mass is 16.5. The number of ether oxygens (including phenoxy) is 1.